The van der Waals surface area contributed by atoms with E-state index in [0.717, 1.165) is 10.9 Å². The average molecular weight is 707 g/mol. The molecule has 0 bridgehead atoms. The fourth-order valence-corrected chi connectivity index (χ4v) is 4.93. The standard InChI is InChI=1S/C28H25BrFIN4O4/c1-3-6-25-34-23-10-9-18(29)13-21(23)28(37)35(25)32-15-17-11-22(31)27(24(12-17)38-4-2)39-16-26(36)33-20-8-5-7-19(30)14-20/h5,7-15H,3-4,6,16H2,1-2H3,(H,33,36). The fourth-order valence-electron chi connectivity index (χ4n) is 3.79. The summed E-state index contributed by atoms with van der Waals surface area (Å²) in [7, 11) is 0. The number of nitrogens with zero attached hydrogens (tertiary/aromatic N) is 3. The Labute approximate surface area is 246 Å². The number of aromatic nitrogens is 2. The largest absolute Gasteiger partial charge is 0.490 e. The number of hydrogen-bond donors (Lipinski definition) is 1. The predicted molar refractivity (Wildman–Crippen MR) is 162 cm³/mol. The first-order valence-electron chi connectivity index (χ1n) is 12.2. The van der Waals surface area contributed by atoms with Crippen molar-refractivity contribution in [3.63, 3.8) is 0 Å². The number of halogens is 3. The van der Waals surface area contributed by atoms with Gasteiger partial charge in [0.1, 0.15) is 11.6 Å². The van der Waals surface area contributed by atoms with Gasteiger partial charge in [0.25, 0.3) is 11.5 Å². The molecule has 0 radical (unpaired) electrons. The van der Waals surface area contributed by atoms with Gasteiger partial charge in [-0.1, -0.05) is 28.9 Å². The van der Waals surface area contributed by atoms with Gasteiger partial charge in [-0.15, -0.1) is 0 Å². The van der Waals surface area contributed by atoms with E-state index in [1.165, 1.54) is 22.9 Å². The molecule has 0 saturated carbocycles. The first-order chi connectivity index (χ1) is 18.8. The molecule has 3 aromatic carbocycles. The van der Waals surface area contributed by atoms with Gasteiger partial charge in [0.05, 0.1) is 27.3 Å². The number of benzene rings is 3. The van der Waals surface area contributed by atoms with E-state index >= 15 is 0 Å². The lowest BCUT2D eigenvalue weighted by atomic mass is 10.2. The van der Waals surface area contributed by atoms with Crippen molar-refractivity contribution >= 4 is 67.2 Å². The molecule has 0 spiro atoms. The van der Waals surface area contributed by atoms with Gasteiger partial charge in [-0.05, 0) is 90.0 Å². The molecule has 0 saturated heterocycles. The van der Waals surface area contributed by atoms with Crippen molar-refractivity contribution in [3.05, 3.63) is 90.2 Å². The lowest BCUT2D eigenvalue weighted by molar-refractivity contribution is -0.118. The molecule has 4 rings (SSSR count). The van der Waals surface area contributed by atoms with Crippen molar-refractivity contribution in [2.45, 2.75) is 26.7 Å². The zero-order valence-electron chi connectivity index (χ0n) is 21.2. The van der Waals surface area contributed by atoms with E-state index in [9.17, 15) is 14.0 Å². The molecule has 39 heavy (non-hydrogen) atoms. The molecule has 0 aliphatic heterocycles. The molecule has 0 atom stereocenters. The van der Waals surface area contributed by atoms with Crippen LogP contribution in [0.1, 0.15) is 31.7 Å². The van der Waals surface area contributed by atoms with Gasteiger partial charge < -0.3 is 14.8 Å². The molecule has 8 nitrogen and oxygen atoms in total. The first-order valence-corrected chi connectivity index (χ1v) is 14.1. The van der Waals surface area contributed by atoms with Crippen molar-refractivity contribution < 1.29 is 18.7 Å². The summed E-state index contributed by atoms with van der Waals surface area (Å²) in [4.78, 5) is 30.3. The van der Waals surface area contributed by atoms with Crippen LogP contribution in [0.2, 0.25) is 0 Å². The van der Waals surface area contributed by atoms with Crippen LogP contribution in [0.25, 0.3) is 10.9 Å². The zero-order valence-corrected chi connectivity index (χ0v) is 25.0. The van der Waals surface area contributed by atoms with Crippen LogP contribution in [0.5, 0.6) is 11.5 Å². The summed E-state index contributed by atoms with van der Waals surface area (Å²) in [5, 5.41) is 7.55. The summed E-state index contributed by atoms with van der Waals surface area (Å²) in [5.74, 6) is 0.493. The second kappa shape index (κ2) is 13.2. The number of amides is 1. The summed E-state index contributed by atoms with van der Waals surface area (Å²) in [6, 6.07) is 14.5. The quantitative estimate of drug-likeness (QED) is 0.158. The van der Waals surface area contributed by atoms with Gasteiger partial charge in [-0.2, -0.15) is 9.78 Å². The van der Waals surface area contributed by atoms with E-state index in [1.54, 1.807) is 24.4 Å². The number of rotatable bonds is 10. The zero-order chi connectivity index (χ0) is 27.9. The van der Waals surface area contributed by atoms with Crippen molar-refractivity contribution in [1.29, 1.82) is 0 Å². The minimum absolute atomic E-state index is 0.259. The molecule has 1 N–H and O–H groups in total. The molecule has 1 aromatic heterocycles. The highest BCUT2D eigenvalue weighted by Gasteiger charge is 2.15. The van der Waals surface area contributed by atoms with Gasteiger partial charge in [-0.3, -0.25) is 9.59 Å². The van der Waals surface area contributed by atoms with Crippen molar-refractivity contribution in [2.24, 2.45) is 5.10 Å². The van der Waals surface area contributed by atoms with Crippen molar-refractivity contribution in [3.8, 4) is 11.5 Å². The van der Waals surface area contributed by atoms with Crippen molar-refractivity contribution in [1.82, 2.24) is 9.66 Å². The number of carbonyl (C=O) groups excluding carboxylic acids is 1. The molecule has 0 aliphatic carbocycles. The number of carbonyl (C=O) groups is 1. The summed E-state index contributed by atoms with van der Waals surface area (Å²) in [5.41, 5.74) is 1.37. The normalized spacial score (nSPS) is 11.2. The number of fused-ring (bicyclic) bond motifs is 1. The number of nitrogens with one attached hydrogen (secondary N) is 1. The number of ether oxygens (including phenoxy) is 2. The average Bonchev–Trinajstić information content (AvgIpc) is 2.89. The van der Waals surface area contributed by atoms with Crippen LogP contribution in [0, 0.1) is 9.39 Å². The van der Waals surface area contributed by atoms with Crippen LogP contribution < -0.4 is 20.3 Å². The Morgan fingerprint density at radius 3 is 2.74 bits per heavy atom. The molecule has 0 aliphatic rings. The van der Waals surface area contributed by atoms with Gasteiger partial charge in [0, 0.05) is 16.6 Å². The summed E-state index contributed by atoms with van der Waals surface area (Å²) >= 11 is 5.50. The third-order valence-corrected chi connectivity index (χ3v) is 6.75. The Hall–Kier alpha value is -3.32. The monoisotopic (exact) mass is 706 g/mol. The van der Waals surface area contributed by atoms with E-state index in [2.05, 4.69) is 53.9 Å². The molecule has 11 heteroatoms. The maximum atomic E-state index is 13.4. The Balaban J connectivity index is 1.60. The number of hydrogen-bond acceptors (Lipinski definition) is 6. The Kier molecular flexibility index (Phi) is 9.68. The Bertz CT molecular complexity index is 1610. The van der Waals surface area contributed by atoms with Crippen LogP contribution >= 0.6 is 38.5 Å². The molecule has 1 amide bonds. The van der Waals surface area contributed by atoms with E-state index in [1.807, 2.05) is 32.0 Å². The Morgan fingerprint density at radius 2 is 2.00 bits per heavy atom. The highest BCUT2D eigenvalue weighted by atomic mass is 127. The van der Waals surface area contributed by atoms with E-state index < -0.39 is 11.7 Å². The van der Waals surface area contributed by atoms with Crippen LogP contribution in [-0.4, -0.2) is 35.0 Å². The molecular formula is C28H25BrFIN4O4. The summed E-state index contributed by atoms with van der Waals surface area (Å²) in [6.45, 7) is 3.92. The Morgan fingerprint density at radius 1 is 1.18 bits per heavy atom. The molecule has 0 unspecified atom stereocenters. The van der Waals surface area contributed by atoms with Crippen LogP contribution in [0.4, 0.5) is 10.1 Å². The minimum atomic E-state index is -0.449. The number of anilines is 1. The van der Waals surface area contributed by atoms with Gasteiger partial charge in [-0.25, -0.2) is 9.37 Å². The lowest BCUT2D eigenvalue weighted by Crippen LogP contribution is -2.22. The lowest BCUT2D eigenvalue weighted by Gasteiger charge is -2.15. The van der Waals surface area contributed by atoms with E-state index in [4.69, 9.17) is 9.47 Å². The molecule has 1 heterocycles. The molecule has 202 valence electrons. The molecular weight excluding hydrogens is 682 g/mol. The maximum absolute atomic E-state index is 13.4. The van der Waals surface area contributed by atoms with Crippen LogP contribution in [-0.2, 0) is 11.2 Å². The van der Waals surface area contributed by atoms with E-state index in [0.29, 0.717) is 56.1 Å². The third-order valence-electron chi connectivity index (χ3n) is 5.46. The topological polar surface area (TPSA) is 94.8 Å². The first kappa shape index (κ1) is 28.7. The van der Waals surface area contributed by atoms with Crippen molar-refractivity contribution in [2.75, 3.05) is 18.5 Å². The van der Waals surface area contributed by atoms with E-state index in [-0.39, 0.29) is 12.2 Å². The smallest absolute Gasteiger partial charge is 0.282 e. The van der Waals surface area contributed by atoms with Gasteiger partial charge >= 0.3 is 0 Å². The third kappa shape index (κ3) is 7.21. The van der Waals surface area contributed by atoms with Crippen LogP contribution in [0.3, 0.4) is 0 Å². The highest BCUT2D eigenvalue weighted by Crippen LogP contribution is 2.34. The SMILES string of the molecule is CCCc1nc2ccc(Br)cc2c(=O)n1N=Cc1cc(I)c(OCC(=O)Nc2cccc(F)c2)c(OCC)c1. The molecule has 4 aromatic rings. The maximum Gasteiger partial charge on any atom is 0.282 e. The predicted octanol–water partition coefficient (Wildman–Crippen LogP) is 6.15. The fraction of sp³-hybridized carbons (Fsp3) is 0.214. The van der Waals surface area contributed by atoms with Crippen LogP contribution in [0.15, 0.2) is 69.0 Å². The van der Waals surface area contributed by atoms with Gasteiger partial charge in [0.15, 0.2) is 18.1 Å². The summed E-state index contributed by atoms with van der Waals surface area (Å²) < 4.78 is 27.7. The van der Waals surface area contributed by atoms with Gasteiger partial charge in [0.2, 0.25) is 0 Å². The second-order valence-electron chi connectivity index (χ2n) is 8.41. The number of aryl methyl sites for hydroxylation is 1. The minimum Gasteiger partial charge on any atom is -0.490 e. The molecule has 0 fully saturated rings. The second-order valence-corrected chi connectivity index (χ2v) is 10.5. The highest BCUT2D eigenvalue weighted by molar-refractivity contribution is 14.1. The summed E-state index contributed by atoms with van der Waals surface area (Å²) in [6.07, 6.45) is 2.96.